The van der Waals surface area contributed by atoms with Crippen LogP contribution in [-0.2, 0) is 11.2 Å². The molecule has 1 fully saturated rings. The summed E-state index contributed by atoms with van der Waals surface area (Å²) in [4.78, 5) is 19.8. The zero-order valence-corrected chi connectivity index (χ0v) is 12.2. The number of nitrogens with zero attached hydrogens (tertiary/aromatic N) is 3. The molecule has 0 N–H and O–H groups in total. The molecule has 0 unspecified atom stereocenters. The molecule has 102 valence electrons. The SMILES string of the molecule is C[C@@H]1C[C@@H](C)CN(C(=O)Cc2cn3ccsc3n2)C1. The summed E-state index contributed by atoms with van der Waals surface area (Å²) < 4.78 is 1.98. The zero-order chi connectivity index (χ0) is 13.4. The lowest BCUT2D eigenvalue weighted by Gasteiger charge is -2.35. The van der Waals surface area contributed by atoms with Crippen LogP contribution in [-0.4, -0.2) is 33.3 Å². The number of fused-ring (bicyclic) bond motifs is 1. The van der Waals surface area contributed by atoms with Crippen LogP contribution in [0.25, 0.3) is 4.96 Å². The maximum absolute atomic E-state index is 12.3. The third kappa shape index (κ3) is 2.66. The number of hydrogen-bond donors (Lipinski definition) is 0. The van der Waals surface area contributed by atoms with Crippen molar-refractivity contribution >= 4 is 22.2 Å². The molecule has 2 aromatic heterocycles. The van der Waals surface area contributed by atoms with E-state index in [1.165, 1.54) is 6.42 Å². The summed E-state index contributed by atoms with van der Waals surface area (Å²) in [6, 6.07) is 0. The van der Waals surface area contributed by atoms with E-state index in [-0.39, 0.29) is 5.91 Å². The minimum absolute atomic E-state index is 0.212. The molecule has 1 saturated heterocycles. The van der Waals surface area contributed by atoms with Crippen LogP contribution in [0, 0.1) is 11.8 Å². The number of piperidine rings is 1. The van der Waals surface area contributed by atoms with Crippen molar-refractivity contribution in [2.45, 2.75) is 26.7 Å². The van der Waals surface area contributed by atoms with Crippen molar-refractivity contribution in [2.24, 2.45) is 11.8 Å². The van der Waals surface area contributed by atoms with E-state index in [0.717, 1.165) is 23.7 Å². The number of carbonyl (C=O) groups is 1. The van der Waals surface area contributed by atoms with E-state index in [1.807, 2.05) is 27.1 Å². The Hall–Kier alpha value is -1.36. The van der Waals surface area contributed by atoms with Crippen molar-refractivity contribution in [3.8, 4) is 0 Å². The molecule has 1 aliphatic rings. The summed E-state index contributed by atoms with van der Waals surface area (Å²) in [5, 5.41) is 2.00. The molecule has 2 atom stereocenters. The summed E-state index contributed by atoms with van der Waals surface area (Å²) in [6.45, 7) is 6.24. The van der Waals surface area contributed by atoms with E-state index >= 15 is 0 Å². The van der Waals surface area contributed by atoms with Gasteiger partial charge in [0.2, 0.25) is 5.91 Å². The van der Waals surface area contributed by atoms with E-state index in [0.29, 0.717) is 18.3 Å². The number of amides is 1. The van der Waals surface area contributed by atoms with Crippen LogP contribution in [0.15, 0.2) is 17.8 Å². The van der Waals surface area contributed by atoms with Gasteiger partial charge in [0.15, 0.2) is 4.96 Å². The van der Waals surface area contributed by atoms with Gasteiger partial charge in [0.25, 0.3) is 0 Å². The quantitative estimate of drug-likeness (QED) is 0.845. The zero-order valence-electron chi connectivity index (χ0n) is 11.4. The van der Waals surface area contributed by atoms with Crippen LogP contribution < -0.4 is 0 Å². The topological polar surface area (TPSA) is 37.6 Å². The van der Waals surface area contributed by atoms with Gasteiger partial charge in [-0.05, 0) is 18.3 Å². The van der Waals surface area contributed by atoms with Crippen LogP contribution in [0.2, 0.25) is 0 Å². The molecule has 4 nitrogen and oxygen atoms in total. The van der Waals surface area contributed by atoms with Crippen molar-refractivity contribution < 1.29 is 4.79 Å². The van der Waals surface area contributed by atoms with Gasteiger partial charge in [0.1, 0.15) is 0 Å². The van der Waals surface area contributed by atoms with Crippen LogP contribution in [0.4, 0.5) is 0 Å². The lowest BCUT2D eigenvalue weighted by atomic mass is 9.91. The molecule has 1 aliphatic heterocycles. The molecule has 0 aromatic carbocycles. The summed E-state index contributed by atoms with van der Waals surface area (Å²) in [7, 11) is 0. The first kappa shape index (κ1) is 12.7. The Kier molecular flexibility index (Phi) is 3.31. The molecule has 0 bridgehead atoms. The number of rotatable bonds is 2. The van der Waals surface area contributed by atoms with Crippen LogP contribution in [0.1, 0.15) is 26.0 Å². The Balaban J connectivity index is 1.69. The first-order valence-electron chi connectivity index (χ1n) is 6.80. The molecular formula is C14H19N3OS. The van der Waals surface area contributed by atoms with Crippen molar-refractivity contribution in [1.29, 1.82) is 0 Å². The van der Waals surface area contributed by atoms with Gasteiger partial charge in [-0.1, -0.05) is 13.8 Å². The van der Waals surface area contributed by atoms with E-state index in [1.54, 1.807) is 11.3 Å². The van der Waals surface area contributed by atoms with E-state index in [4.69, 9.17) is 0 Å². The van der Waals surface area contributed by atoms with Crippen molar-refractivity contribution in [2.75, 3.05) is 13.1 Å². The fourth-order valence-corrected chi connectivity index (χ4v) is 3.71. The molecule has 2 aromatic rings. The molecule has 0 spiro atoms. The van der Waals surface area contributed by atoms with Crippen molar-refractivity contribution in [3.63, 3.8) is 0 Å². The highest BCUT2D eigenvalue weighted by Crippen LogP contribution is 2.21. The van der Waals surface area contributed by atoms with Gasteiger partial charge >= 0.3 is 0 Å². The normalized spacial score (nSPS) is 24.0. The molecule has 3 rings (SSSR count). The van der Waals surface area contributed by atoms with Crippen LogP contribution in [0.5, 0.6) is 0 Å². The van der Waals surface area contributed by atoms with Gasteiger partial charge in [-0.2, -0.15) is 0 Å². The molecule has 0 saturated carbocycles. The molecule has 0 aliphatic carbocycles. The summed E-state index contributed by atoms with van der Waals surface area (Å²) in [5.41, 5.74) is 0.878. The van der Waals surface area contributed by atoms with Gasteiger partial charge in [-0.15, -0.1) is 11.3 Å². The number of carbonyl (C=O) groups excluding carboxylic acids is 1. The molecular weight excluding hydrogens is 258 g/mol. The third-order valence-corrected chi connectivity index (χ3v) is 4.47. The van der Waals surface area contributed by atoms with Crippen molar-refractivity contribution in [1.82, 2.24) is 14.3 Å². The molecule has 1 amide bonds. The van der Waals surface area contributed by atoms with Gasteiger partial charge in [0.05, 0.1) is 12.1 Å². The fraction of sp³-hybridized carbons (Fsp3) is 0.571. The molecule has 19 heavy (non-hydrogen) atoms. The summed E-state index contributed by atoms with van der Waals surface area (Å²) >= 11 is 1.60. The Labute approximate surface area is 117 Å². The smallest absolute Gasteiger partial charge is 0.228 e. The average molecular weight is 277 g/mol. The van der Waals surface area contributed by atoms with E-state index in [9.17, 15) is 4.79 Å². The second-order valence-electron chi connectivity index (χ2n) is 5.75. The molecule has 0 radical (unpaired) electrons. The predicted molar refractivity (Wildman–Crippen MR) is 76.3 cm³/mol. The first-order chi connectivity index (χ1) is 9.11. The van der Waals surface area contributed by atoms with E-state index < -0.39 is 0 Å². The first-order valence-corrected chi connectivity index (χ1v) is 7.68. The largest absolute Gasteiger partial charge is 0.342 e. The monoisotopic (exact) mass is 277 g/mol. The molecule has 5 heteroatoms. The average Bonchev–Trinajstić information content (AvgIpc) is 2.88. The molecule has 3 heterocycles. The second-order valence-corrected chi connectivity index (χ2v) is 6.62. The fourth-order valence-electron chi connectivity index (χ4n) is 2.99. The third-order valence-electron chi connectivity index (χ3n) is 3.70. The second kappa shape index (κ2) is 4.96. The highest BCUT2D eigenvalue weighted by atomic mass is 32.1. The van der Waals surface area contributed by atoms with Crippen molar-refractivity contribution in [3.05, 3.63) is 23.5 Å². The summed E-state index contributed by atoms with van der Waals surface area (Å²) in [6.07, 6.45) is 5.59. The minimum atomic E-state index is 0.212. The number of thiazole rings is 1. The Morgan fingerprint density at radius 3 is 2.84 bits per heavy atom. The maximum atomic E-state index is 12.3. The lowest BCUT2D eigenvalue weighted by Crippen LogP contribution is -2.43. The standard InChI is InChI=1S/C14H19N3OS/c1-10-5-11(2)8-17(7-10)13(18)6-12-9-16-3-4-19-14(16)15-12/h3-4,9-11H,5-8H2,1-2H3/t10-,11-/m1/s1. The van der Waals surface area contributed by atoms with Gasteiger partial charge in [-0.3, -0.25) is 9.20 Å². The Morgan fingerprint density at radius 2 is 2.16 bits per heavy atom. The van der Waals surface area contributed by atoms with E-state index in [2.05, 4.69) is 18.8 Å². The maximum Gasteiger partial charge on any atom is 0.228 e. The number of aromatic nitrogens is 2. The van der Waals surface area contributed by atoms with Crippen LogP contribution in [0.3, 0.4) is 0 Å². The lowest BCUT2D eigenvalue weighted by molar-refractivity contribution is -0.133. The number of imidazole rings is 1. The van der Waals surface area contributed by atoms with Crippen LogP contribution >= 0.6 is 11.3 Å². The predicted octanol–water partition coefficient (Wildman–Crippen LogP) is 2.44. The number of hydrogen-bond acceptors (Lipinski definition) is 3. The van der Waals surface area contributed by atoms with Gasteiger partial charge in [0, 0.05) is 30.9 Å². The number of likely N-dealkylation sites (tertiary alicyclic amines) is 1. The summed E-state index contributed by atoms with van der Waals surface area (Å²) in [5.74, 6) is 1.43. The highest BCUT2D eigenvalue weighted by molar-refractivity contribution is 7.15. The minimum Gasteiger partial charge on any atom is -0.342 e. The van der Waals surface area contributed by atoms with Gasteiger partial charge in [-0.25, -0.2) is 4.98 Å². The Bertz CT molecular complexity index is 550. The Morgan fingerprint density at radius 1 is 1.42 bits per heavy atom. The van der Waals surface area contributed by atoms with Gasteiger partial charge < -0.3 is 4.90 Å². The highest BCUT2D eigenvalue weighted by Gasteiger charge is 2.25.